The smallest absolute Gasteiger partial charge is 0.278 e. The summed E-state index contributed by atoms with van der Waals surface area (Å²) in [6.45, 7) is 0. The average Bonchev–Trinajstić information content (AvgIpc) is 2.88. The van der Waals surface area contributed by atoms with Crippen molar-refractivity contribution in [1.82, 2.24) is 4.98 Å². The maximum Gasteiger partial charge on any atom is 0.278 e. The minimum Gasteiger partial charge on any atom is -0.390 e. The van der Waals surface area contributed by atoms with Crippen molar-refractivity contribution in [2.75, 3.05) is 12.4 Å². The number of benzene rings is 1. The van der Waals surface area contributed by atoms with E-state index < -0.39 is 0 Å². The van der Waals surface area contributed by atoms with E-state index in [1.807, 2.05) is 0 Å². The van der Waals surface area contributed by atoms with E-state index in [1.165, 1.54) is 17.4 Å². The predicted molar refractivity (Wildman–Crippen MR) is 76.7 cm³/mol. The second kappa shape index (κ2) is 7.07. The molecule has 1 heterocycles. The van der Waals surface area contributed by atoms with E-state index >= 15 is 0 Å². The highest BCUT2D eigenvalue weighted by Crippen LogP contribution is 2.34. The number of thiazole rings is 1. The van der Waals surface area contributed by atoms with Crippen LogP contribution >= 0.6 is 11.3 Å². The lowest BCUT2D eigenvalue weighted by Gasteiger charge is -1.98. The number of aromatic nitrogens is 1. The van der Waals surface area contributed by atoms with Crippen LogP contribution in [0, 0.1) is 15.5 Å². The first-order chi connectivity index (χ1) is 9.13. The first-order valence-electron chi connectivity index (χ1n) is 5.22. The molecular formula is C11H13N5O2S. The molecule has 19 heavy (non-hydrogen) atoms. The van der Waals surface area contributed by atoms with Gasteiger partial charge < -0.3 is 11.1 Å². The van der Waals surface area contributed by atoms with Crippen LogP contribution in [-0.4, -0.2) is 23.3 Å². The van der Waals surface area contributed by atoms with Crippen LogP contribution in [0.4, 0.5) is 10.8 Å². The predicted octanol–water partition coefficient (Wildman–Crippen LogP) is 2.31. The van der Waals surface area contributed by atoms with E-state index in [2.05, 4.69) is 16.0 Å². The summed E-state index contributed by atoms with van der Waals surface area (Å²) in [6.07, 6.45) is 2.39. The van der Waals surface area contributed by atoms with Gasteiger partial charge in [0, 0.05) is 19.3 Å². The summed E-state index contributed by atoms with van der Waals surface area (Å²) in [5.41, 5.74) is 5.10. The van der Waals surface area contributed by atoms with Crippen molar-refractivity contribution in [3.8, 4) is 10.4 Å². The molecule has 0 spiro atoms. The normalized spacial score (nSPS) is 9.11. The number of para-hydroxylation sites is 1. The van der Waals surface area contributed by atoms with E-state index in [-0.39, 0.29) is 10.6 Å². The summed E-state index contributed by atoms with van der Waals surface area (Å²) >= 11 is 1.39. The highest BCUT2D eigenvalue weighted by atomic mass is 32.1. The number of nitrogens with zero attached hydrogens (tertiary/aromatic N) is 2. The summed E-state index contributed by atoms with van der Waals surface area (Å²) in [6, 6.07) is 6.65. The number of anilines is 1. The molecule has 100 valence electrons. The van der Waals surface area contributed by atoms with Gasteiger partial charge in [-0.25, -0.2) is 4.98 Å². The number of nitrogens with two attached hydrogens (primary N) is 1. The van der Waals surface area contributed by atoms with E-state index in [4.69, 9.17) is 5.41 Å². The van der Waals surface area contributed by atoms with Crippen molar-refractivity contribution in [3.05, 3.63) is 40.6 Å². The SMILES string of the molecule is CNc1ncc(-c2ccccc2[N+](=O)[O-])s1.N=CN. The Kier molecular flexibility index (Phi) is 5.42. The molecule has 8 heteroatoms. The fourth-order valence-electron chi connectivity index (χ4n) is 1.36. The van der Waals surface area contributed by atoms with Crippen LogP contribution in [-0.2, 0) is 0 Å². The third-order valence-corrected chi connectivity index (χ3v) is 3.13. The van der Waals surface area contributed by atoms with Gasteiger partial charge in [-0.1, -0.05) is 23.5 Å². The van der Waals surface area contributed by atoms with Gasteiger partial charge in [0.25, 0.3) is 5.69 Å². The van der Waals surface area contributed by atoms with E-state index in [0.29, 0.717) is 5.56 Å². The van der Waals surface area contributed by atoms with E-state index in [9.17, 15) is 10.1 Å². The average molecular weight is 279 g/mol. The number of hydrogen-bond donors (Lipinski definition) is 3. The maximum atomic E-state index is 10.8. The highest BCUT2D eigenvalue weighted by Gasteiger charge is 2.15. The minimum atomic E-state index is -0.381. The third-order valence-electron chi connectivity index (χ3n) is 2.09. The first kappa shape index (κ1) is 14.6. The highest BCUT2D eigenvalue weighted by molar-refractivity contribution is 7.18. The van der Waals surface area contributed by atoms with Gasteiger partial charge in [-0.15, -0.1) is 0 Å². The van der Waals surface area contributed by atoms with Crippen molar-refractivity contribution in [1.29, 1.82) is 5.41 Å². The van der Waals surface area contributed by atoms with Crippen LogP contribution in [0.2, 0.25) is 0 Å². The van der Waals surface area contributed by atoms with E-state index in [1.54, 1.807) is 31.4 Å². The molecule has 4 N–H and O–H groups in total. The molecule has 7 nitrogen and oxygen atoms in total. The number of nitro benzene ring substituents is 1. The van der Waals surface area contributed by atoms with Crippen molar-refractivity contribution in [2.45, 2.75) is 0 Å². The summed E-state index contributed by atoms with van der Waals surface area (Å²) in [7, 11) is 1.77. The number of hydrogen-bond acceptors (Lipinski definition) is 6. The molecule has 2 rings (SSSR count). The van der Waals surface area contributed by atoms with Crippen LogP contribution in [0.1, 0.15) is 0 Å². The number of rotatable bonds is 3. The Hall–Kier alpha value is -2.48. The fraction of sp³-hybridized carbons (Fsp3) is 0.0909. The molecule has 0 unspecified atom stereocenters. The molecule has 0 aliphatic rings. The van der Waals surface area contributed by atoms with Gasteiger partial charge in [0.15, 0.2) is 5.13 Å². The summed E-state index contributed by atoms with van der Waals surface area (Å²) in [4.78, 5) is 15.3. The van der Waals surface area contributed by atoms with Gasteiger partial charge in [-0.05, 0) is 6.07 Å². The largest absolute Gasteiger partial charge is 0.390 e. The third kappa shape index (κ3) is 3.75. The monoisotopic (exact) mass is 279 g/mol. The van der Waals surface area contributed by atoms with Gasteiger partial charge >= 0.3 is 0 Å². The molecule has 0 fully saturated rings. The molecule has 0 bridgehead atoms. The standard InChI is InChI=1S/C10H9N3O2S.CH4N2/c1-11-10-12-6-9(16-10)7-4-2-3-5-8(7)13(14)15;2-1-3/h2-6H,1H3,(H,11,12);1H,(H3,2,3). The van der Waals surface area contributed by atoms with Crippen molar-refractivity contribution in [2.24, 2.45) is 5.73 Å². The van der Waals surface area contributed by atoms with Gasteiger partial charge in [0.05, 0.1) is 21.7 Å². The van der Waals surface area contributed by atoms with Gasteiger partial charge in [0.2, 0.25) is 0 Å². The molecule has 0 atom stereocenters. The second-order valence-corrected chi connectivity index (χ2v) is 4.25. The lowest BCUT2D eigenvalue weighted by Crippen LogP contribution is -1.89. The van der Waals surface area contributed by atoms with Crippen LogP contribution < -0.4 is 11.1 Å². The Labute approximate surface area is 113 Å². The van der Waals surface area contributed by atoms with Crippen molar-refractivity contribution in [3.63, 3.8) is 0 Å². The van der Waals surface area contributed by atoms with Crippen molar-refractivity contribution < 1.29 is 4.92 Å². The molecular weight excluding hydrogens is 266 g/mol. The zero-order chi connectivity index (χ0) is 14.3. The summed E-state index contributed by atoms with van der Waals surface area (Å²) in [5.74, 6) is 0. The molecule has 0 amide bonds. The molecule has 2 aromatic rings. The first-order valence-corrected chi connectivity index (χ1v) is 6.03. The van der Waals surface area contributed by atoms with Crippen LogP contribution in [0.5, 0.6) is 0 Å². The molecule has 0 saturated heterocycles. The molecule has 0 radical (unpaired) electrons. The Morgan fingerprint density at radius 2 is 2.16 bits per heavy atom. The zero-order valence-corrected chi connectivity index (χ0v) is 11.0. The quantitative estimate of drug-likeness (QED) is 0.345. The zero-order valence-electron chi connectivity index (χ0n) is 10.2. The van der Waals surface area contributed by atoms with E-state index in [0.717, 1.165) is 16.3 Å². The van der Waals surface area contributed by atoms with Gasteiger partial charge in [-0.2, -0.15) is 0 Å². The summed E-state index contributed by atoms with van der Waals surface area (Å²) in [5, 5.41) is 20.4. The molecule has 0 aliphatic heterocycles. The molecule has 0 aliphatic carbocycles. The van der Waals surface area contributed by atoms with Crippen LogP contribution in [0.3, 0.4) is 0 Å². The lowest BCUT2D eigenvalue weighted by molar-refractivity contribution is -0.384. The Morgan fingerprint density at radius 3 is 2.68 bits per heavy atom. The van der Waals surface area contributed by atoms with Crippen LogP contribution in [0.15, 0.2) is 30.5 Å². The Bertz CT molecular complexity index is 570. The maximum absolute atomic E-state index is 10.8. The number of nitrogens with one attached hydrogen (secondary N) is 2. The molecule has 1 aromatic carbocycles. The lowest BCUT2D eigenvalue weighted by atomic mass is 10.1. The second-order valence-electron chi connectivity index (χ2n) is 3.22. The Morgan fingerprint density at radius 1 is 1.53 bits per heavy atom. The fourth-order valence-corrected chi connectivity index (χ4v) is 2.16. The molecule has 1 aromatic heterocycles. The molecule has 0 saturated carbocycles. The minimum absolute atomic E-state index is 0.105. The van der Waals surface area contributed by atoms with Crippen LogP contribution in [0.25, 0.3) is 10.4 Å². The summed E-state index contributed by atoms with van der Waals surface area (Å²) < 4.78 is 0. The Balaban J connectivity index is 0.000000550. The topological polar surface area (TPSA) is 118 Å². The van der Waals surface area contributed by atoms with Crippen molar-refractivity contribution >= 4 is 28.5 Å². The van der Waals surface area contributed by atoms with Gasteiger partial charge in [0.1, 0.15) is 0 Å². The number of nitro groups is 1. The van der Waals surface area contributed by atoms with Gasteiger partial charge in [-0.3, -0.25) is 15.5 Å².